The van der Waals surface area contributed by atoms with Crippen LogP contribution in [0.4, 0.5) is 5.69 Å². The predicted octanol–water partition coefficient (Wildman–Crippen LogP) is 5.84. The predicted molar refractivity (Wildman–Crippen MR) is 110 cm³/mol. The number of phenols is 1. The van der Waals surface area contributed by atoms with Crippen molar-refractivity contribution in [3.63, 3.8) is 0 Å². The van der Waals surface area contributed by atoms with Gasteiger partial charge in [0.05, 0.1) is 11.7 Å². The normalized spacial score (nSPS) is 12.1. The molecule has 1 atom stereocenters. The summed E-state index contributed by atoms with van der Waals surface area (Å²) in [5, 5.41) is 16.2. The van der Waals surface area contributed by atoms with E-state index < -0.39 is 6.04 Å². The number of fused-ring (bicyclic) bond motifs is 1. The van der Waals surface area contributed by atoms with Gasteiger partial charge in [0.15, 0.2) is 0 Å². The molecule has 0 spiro atoms. The minimum atomic E-state index is -0.410. The van der Waals surface area contributed by atoms with E-state index >= 15 is 0 Å². The number of benzene rings is 2. The van der Waals surface area contributed by atoms with Crippen molar-refractivity contribution in [1.29, 1.82) is 0 Å². The van der Waals surface area contributed by atoms with Crippen molar-refractivity contribution in [2.24, 2.45) is 0 Å². The van der Waals surface area contributed by atoms with Crippen LogP contribution < -0.4 is 5.32 Å². The molecule has 0 aliphatic carbocycles. The maximum absolute atomic E-state index is 10.9. The number of aromatic nitrogens is 2. The molecule has 0 fully saturated rings. The summed E-state index contributed by atoms with van der Waals surface area (Å²) in [4.78, 5) is 8.77. The molecule has 2 aromatic carbocycles. The van der Waals surface area contributed by atoms with E-state index in [1.54, 1.807) is 30.6 Å². The van der Waals surface area contributed by atoms with Crippen LogP contribution in [0.5, 0.6) is 5.75 Å². The van der Waals surface area contributed by atoms with E-state index in [1.807, 2.05) is 42.5 Å². The monoisotopic (exact) mass is 395 g/mol. The van der Waals surface area contributed by atoms with E-state index in [1.165, 1.54) is 0 Å². The van der Waals surface area contributed by atoms with Gasteiger partial charge in [-0.1, -0.05) is 47.5 Å². The van der Waals surface area contributed by atoms with E-state index in [2.05, 4.69) is 15.3 Å². The van der Waals surface area contributed by atoms with Crippen LogP contribution in [0.2, 0.25) is 10.0 Å². The molecule has 4 aromatic rings. The number of pyridine rings is 2. The van der Waals surface area contributed by atoms with Crippen LogP contribution in [0.3, 0.4) is 0 Å². The van der Waals surface area contributed by atoms with Gasteiger partial charge in [0, 0.05) is 39.1 Å². The highest BCUT2D eigenvalue weighted by molar-refractivity contribution is 6.35. The zero-order valence-corrected chi connectivity index (χ0v) is 15.6. The zero-order chi connectivity index (χ0) is 18.8. The van der Waals surface area contributed by atoms with Gasteiger partial charge in [0.2, 0.25) is 0 Å². The van der Waals surface area contributed by atoms with Crippen molar-refractivity contribution < 1.29 is 5.11 Å². The Bertz CT molecular complexity index is 1080. The zero-order valence-electron chi connectivity index (χ0n) is 14.1. The lowest BCUT2D eigenvalue weighted by molar-refractivity contribution is 0.471. The molecule has 2 N–H and O–H groups in total. The first kappa shape index (κ1) is 17.6. The largest absolute Gasteiger partial charge is 0.505 e. The Hall–Kier alpha value is -2.82. The highest BCUT2D eigenvalue weighted by atomic mass is 35.5. The van der Waals surface area contributed by atoms with Gasteiger partial charge in [-0.25, -0.2) is 0 Å². The molecule has 0 amide bonds. The van der Waals surface area contributed by atoms with Crippen molar-refractivity contribution in [2.75, 3.05) is 5.32 Å². The standard InChI is InChI=1S/C21H15Cl2N3O/c22-14-10-15(23)12-16(11-14)26-20(18-5-1-2-8-24-18)17-7-6-13-4-3-9-25-19(13)21(17)27/h1-12,20,26-27H. The molecule has 1 unspecified atom stereocenters. The van der Waals surface area contributed by atoms with Crippen molar-refractivity contribution in [2.45, 2.75) is 6.04 Å². The van der Waals surface area contributed by atoms with Gasteiger partial charge >= 0.3 is 0 Å². The summed E-state index contributed by atoms with van der Waals surface area (Å²) in [7, 11) is 0. The van der Waals surface area contributed by atoms with E-state index in [-0.39, 0.29) is 5.75 Å². The molecule has 0 bridgehead atoms. The minimum absolute atomic E-state index is 0.115. The van der Waals surface area contributed by atoms with Gasteiger partial charge < -0.3 is 10.4 Å². The quantitative estimate of drug-likeness (QED) is 0.455. The number of phenolic OH excluding ortho intramolecular Hbond substituents is 1. The third kappa shape index (κ3) is 3.68. The van der Waals surface area contributed by atoms with Crippen LogP contribution in [0.15, 0.2) is 73.1 Å². The fourth-order valence-corrected chi connectivity index (χ4v) is 3.57. The average molecular weight is 396 g/mol. The number of rotatable bonds is 4. The molecule has 0 aliphatic rings. The molecule has 0 saturated carbocycles. The van der Waals surface area contributed by atoms with Crippen molar-refractivity contribution >= 4 is 39.8 Å². The fraction of sp³-hybridized carbons (Fsp3) is 0.0476. The second kappa shape index (κ2) is 7.43. The van der Waals surface area contributed by atoms with Crippen molar-refractivity contribution in [1.82, 2.24) is 9.97 Å². The Morgan fingerprint density at radius 1 is 0.852 bits per heavy atom. The second-order valence-electron chi connectivity index (χ2n) is 6.07. The SMILES string of the molecule is Oc1c(C(Nc2cc(Cl)cc(Cl)c2)c2ccccn2)ccc2cccnc12. The summed E-state index contributed by atoms with van der Waals surface area (Å²) in [6.45, 7) is 0. The van der Waals surface area contributed by atoms with Gasteiger partial charge in [0.1, 0.15) is 11.3 Å². The molecule has 0 aliphatic heterocycles. The number of anilines is 1. The first-order chi connectivity index (χ1) is 13.1. The Balaban J connectivity index is 1.85. The summed E-state index contributed by atoms with van der Waals surface area (Å²) in [5.41, 5.74) is 2.68. The minimum Gasteiger partial charge on any atom is -0.505 e. The Labute approximate surface area is 166 Å². The third-order valence-corrected chi connectivity index (χ3v) is 4.68. The smallest absolute Gasteiger partial charge is 0.147 e. The lowest BCUT2D eigenvalue weighted by Gasteiger charge is -2.22. The first-order valence-electron chi connectivity index (χ1n) is 8.32. The van der Waals surface area contributed by atoms with Gasteiger partial charge in [-0.2, -0.15) is 0 Å². The van der Waals surface area contributed by atoms with Crippen LogP contribution in [0, 0.1) is 0 Å². The summed E-state index contributed by atoms with van der Waals surface area (Å²) in [5.74, 6) is 0.115. The summed E-state index contributed by atoms with van der Waals surface area (Å²) in [6.07, 6.45) is 3.37. The van der Waals surface area contributed by atoms with Crippen molar-refractivity contribution in [3.8, 4) is 5.75 Å². The third-order valence-electron chi connectivity index (χ3n) is 4.25. The molecule has 4 nitrogen and oxygen atoms in total. The van der Waals surface area contributed by atoms with Gasteiger partial charge in [-0.3, -0.25) is 9.97 Å². The lowest BCUT2D eigenvalue weighted by atomic mass is 9.99. The van der Waals surface area contributed by atoms with E-state index in [9.17, 15) is 5.11 Å². The number of hydrogen-bond acceptors (Lipinski definition) is 4. The molecule has 27 heavy (non-hydrogen) atoms. The number of hydrogen-bond donors (Lipinski definition) is 2. The average Bonchev–Trinajstić information content (AvgIpc) is 2.67. The molecule has 134 valence electrons. The van der Waals surface area contributed by atoms with Crippen molar-refractivity contribution in [3.05, 3.63) is 94.4 Å². The van der Waals surface area contributed by atoms with Crippen LogP contribution in [0.25, 0.3) is 10.9 Å². The Morgan fingerprint density at radius 2 is 1.63 bits per heavy atom. The lowest BCUT2D eigenvalue weighted by Crippen LogP contribution is -2.14. The number of aromatic hydroxyl groups is 1. The molecule has 6 heteroatoms. The van der Waals surface area contributed by atoms with E-state index in [0.717, 1.165) is 16.8 Å². The number of nitrogens with one attached hydrogen (secondary N) is 1. The highest BCUT2D eigenvalue weighted by Crippen LogP contribution is 2.36. The highest BCUT2D eigenvalue weighted by Gasteiger charge is 2.21. The van der Waals surface area contributed by atoms with E-state index in [0.29, 0.717) is 21.1 Å². The van der Waals surface area contributed by atoms with Gasteiger partial charge in [0.25, 0.3) is 0 Å². The first-order valence-corrected chi connectivity index (χ1v) is 9.07. The number of nitrogens with zero attached hydrogens (tertiary/aromatic N) is 2. The molecular formula is C21H15Cl2N3O. The molecule has 2 aromatic heterocycles. The number of halogens is 2. The molecule has 0 saturated heterocycles. The van der Waals surface area contributed by atoms with Crippen LogP contribution in [-0.2, 0) is 0 Å². The summed E-state index contributed by atoms with van der Waals surface area (Å²) in [6, 6.07) is 18.0. The van der Waals surface area contributed by atoms with Crippen LogP contribution in [0.1, 0.15) is 17.3 Å². The maximum Gasteiger partial charge on any atom is 0.147 e. The molecule has 2 heterocycles. The van der Waals surface area contributed by atoms with Gasteiger partial charge in [-0.05, 0) is 36.4 Å². The Kier molecular flexibility index (Phi) is 4.84. The second-order valence-corrected chi connectivity index (χ2v) is 6.94. The van der Waals surface area contributed by atoms with E-state index in [4.69, 9.17) is 23.2 Å². The maximum atomic E-state index is 10.9. The van der Waals surface area contributed by atoms with Crippen LogP contribution >= 0.6 is 23.2 Å². The van der Waals surface area contributed by atoms with Gasteiger partial charge in [-0.15, -0.1) is 0 Å². The fourth-order valence-electron chi connectivity index (χ4n) is 3.04. The summed E-state index contributed by atoms with van der Waals surface area (Å²) < 4.78 is 0. The molecule has 4 rings (SSSR count). The van der Waals surface area contributed by atoms with Crippen LogP contribution in [-0.4, -0.2) is 15.1 Å². The molecular weight excluding hydrogens is 381 g/mol. The molecule has 0 radical (unpaired) electrons. The topological polar surface area (TPSA) is 58.0 Å². The Morgan fingerprint density at radius 3 is 2.37 bits per heavy atom. The summed E-state index contributed by atoms with van der Waals surface area (Å²) >= 11 is 12.3.